The van der Waals surface area contributed by atoms with Crippen molar-refractivity contribution in [1.82, 2.24) is 10.2 Å². The predicted octanol–water partition coefficient (Wildman–Crippen LogP) is 6.37. The van der Waals surface area contributed by atoms with Gasteiger partial charge in [-0.05, 0) is 42.5 Å². The zero-order chi connectivity index (χ0) is 24.8. The summed E-state index contributed by atoms with van der Waals surface area (Å²) in [6, 6.07) is 11.1. The second-order valence-corrected chi connectivity index (χ2v) is 9.93. The molecule has 176 valence electrons. The molecular weight excluding hydrogens is 538 g/mol. The molecule has 0 bridgehead atoms. The molecule has 0 spiro atoms. The molecule has 34 heavy (non-hydrogen) atoms. The lowest BCUT2D eigenvalue weighted by molar-refractivity contribution is -0.137. The molecule has 4 rings (SSSR count). The third-order valence-electron chi connectivity index (χ3n) is 4.80. The average Bonchev–Trinajstić information content (AvgIpc) is 2.74. The summed E-state index contributed by atoms with van der Waals surface area (Å²) in [7, 11) is -4.52. The molecule has 0 aliphatic heterocycles. The molecule has 0 saturated carbocycles. The maximum atomic E-state index is 13.2. The first kappa shape index (κ1) is 24.3. The first-order valence-electron chi connectivity index (χ1n) is 9.25. The molecule has 0 saturated heterocycles. The minimum absolute atomic E-state index is 0.0863. The number of nitrogens with one attached hydrogen (secondary N) is 2. The van der Waals surface area contributed by atoms with Crippen molar-refractivity contribution in [2.75, 3.05) is 4.72 Å². The third-order valence-corrected chi connectivity index (χ3v) is 7.04. The van der Waals surface area contributed by atoms with Gasteiger partial charge in [-0.15, -0.1) is 0 Å². The van der Waals surface area contributed by atoms with Gasteiger partial charge in [-0.1, -0.05) is 46.9 Å². The van der Waals surface area contributed by atoms with E-state index in [2.05, 4.69) is 14.9 Å². The molecule has 1 aromatic heterocycles. The molecule has 0 aliphatic carbocycles. The maximum Gasteiger partial charge on any atom is 0.417 e. The van der Waals surface area contributed by atoms with Crippen LogP contribution in [0.2, 0.25) is 15.1 Å². The number of alkyl halides is 3. The maximum absolute atomic E-state index is 13.2. The van der Waals surface area contributed by atoms with Crippen LogP contribution in [0.4, 0.5) is 18.9 Å². The summed E-state index contributed by atoms with van der Waals surface area (Å²) in [4.78, 5) is 11.6. The van der Waals surface area contributed by atoms with Gasteiger partial charge in [0.1, 0.15) is 5.69 Å². The number of aromatic nitrogens is 2. The molecule has 1 heterocycles. The van der Waals surface area contributed by atoms with Crippen molar-refractivity contribution in [2.45, 2.75) is 11.1 Å². The van der Waals surface area contributed by atoms with Crippen LogP contribution in [-0.2, 0) is 16.2 Å². The fraction of sp³-hybridized carbons (Fsp3) is 0.0476. The molecule has 2 N–H and O–H groups in total. The number of fused-ring (bicyclic) bond motifs is 1. The van der Waals surface area contributed by atoms with Crippen LogP contribution in [0.15, 0.2) is 64.3 Å². The largest absolute Gasteiger partial charge is 0.417 e. The van der Waals surface area contributed by atoms with Crippen molar-refractivity contribution >= 4 is 61.3 Å². The quantitative estimate of drug-likeness (QED) is 0.310. The molecule has 13 heteroatoms. The van der Waals surface area contributed by atoms with Gasteiger partial charge in [0.25, 0.3) is 15.6 Å². The summed E-state index contributed by atoms with van der Waals surface area (Å²) in [5.41, 5.74) is -1.58. The predicted molar refractivity (Wildman–Crippen MR) is 125 cm³/mol. The van der Waals surface area contributed by atoms with E-state index in [4.69, 9.17) is 34.8 Å². The van der Waals surface area contributed by atoms with E-state index in [0.717, 1.165) is 12.1 Å². The molecular formula is C21H11Cl3F3N3O3S. The average molecular weight is 549 g/mol. The highest BCUT2D eigenvalue weighted by molar-refractivity contribution is 7.92. The van der Waals surface area contributed by atoms with Crippen molar-refractivity contribution < 1.29 is 21.6 Å². The van der Waals surface area contributed by atoms with E-state index in [-0.39, 0.29) is 32.4 Å². The molecule has 3 aromatic carbocycles. The van der Waals surface area contributed by atoms with E-state index in [1.165, 1.54) is 24.3 Å². The van der Waals surface area contributed by atoms with E-state index < -0.39 is 37.2 Å². The monoisotopic (exact) mass is 547 g/mol. The van der Waals surface area contributed by atoms with E-state index in [1.54, 1.807) is 12.1 Å². The Labute approximate surface area is 205 Å². The van der Waals surface area contributed by atoms with Gasteiger partial charge in [0, 0.05) is 16.0 Å². The van der Waals surface area contributed by atoms with E-state index >= 15 is 0 Å². The topological polar surface area (TPSA) is 91.9 Å². The zero-order valence-corrected chi connectivity index (χ0v) is 19.6. The Bertz CT molecular complexity index is 1610. The number of anilines is 1. The number of hydrogen-bond donors (Lipinski definition) is 2. The molecule has 0 unspecified atom stereocenters. The minimum atomic E-state index is -4.86. The van der Waals surface area contributed by atoms with Gasteiger partial charge in [-0.2, -0.15) is 18.3 Å². The normalized spacial score (nSPS) is 12.2. The zero-order valence-electron chi connectivity index (χ0n) is 16.5. The van der Waals surface area contributed by atoms with E-state index in [1.807, 2.05) is 0 Å². The number of H-pyrrole nitrogens is 1. The van der Waals surface area contributed by atoms with E-state index in [9.17, 15) is 26.4 Å². The van der Waals surface area contributed by atoms with Crippen LogP contribution >= 0.6 is 34.8 Å². The Balaban J connectivity index is 1.88. The molecule has 0 amide bonds. The van der Waals surface area contributed by atoms with Gasteiger partial charge in [-0.3, -0.25) is 9.52 Å². The molecule has 0 aliphatic rings. The van der Waals surface area contributed by atoms with Crippen molar-refractivity contribution in [3.8, 4) is 11.3 Å². The highest BCUT2D eigenvalue weighted by Gasteiger charge is 2.34. The second-order valence-electron chi connectivity index (χ2n) is 7.00. The van der Waals surface area contributed by atoms with Crippen LogP contribution < -0.4 is 10.3 Å². The number of hydrogen-bond acceptors (Lipinski definition) is 4. The van der Waals surface area contributed by atoms with Crippen molar-refractivity contribution in [1.29, 1.82) is 0 Å². The standard InChI is InChI=1S/C21H11Cl3F3N3O3S/c22-10-4-6-12(19-13-2-1-3-16(24)18(13)20(31)29-28-19)17(8-10)30-34(32,33)11-5-7-15(23)14(9-11)21(25,26)27/h1-9,30H,(H,29,31). The Hall–Kier alpha value is -2.79. The number of halogens is 6. The van der Waals surface area contributed by atoms with Crippen LogP contribution in [0.3, 0.4) is 0 Å². The Morgan fingerprint density at radius 3 is 2.38 bits per heavy atom. The number of aromatic amines is 1. The van der Waals surface area contributed by atoms with Gasteiger partial charge in [0.15, 0.2) is 0 Å². The molecule has 0 radical (unpaired) electrons. The smallest absolute Gasteiger partial charge is 0.279 e. The SMILES string of the molecule is O=c1[nH]nc(-c2ccc(Cl)cc2NS(=O)(=O)c2ccc(Cl)c(C(F)(F)F)c2)c2cccc(Cl)c12. The number of nitrogens with zero attached hydrogens (tertiary/aromatic N) is 1. The van der Waals surface area contributed by atoms with Gasteiger partial charge >= 0.3 is 6.18 Å². The summed E-state index contributed by atoms with van der Waals surface area (Å²) in [5, 5.41) is 6.44. The van der Waals surface area contributed by atoms with Crippen molar-refractivity contribution in [3.63, 3.8) is 0 Å². The molecule has 4 aromatic rings. The Morgan fingerprint density at radius 2 is 1.68 bits per heavy atom. The lowest BCUT2D eigenvalue weighted by Gasteiger charge is -2.15. The van der Waals surface area contributed by atoms with Crippen molar-refractivity contribution in [3.05, 3.63) is 85.6 Å². The first-order chi connectivity index (χ1) is 15.9. The second kappa shape index (κ2) is 8.77. The number of sulfonamides is 1. The number of rotatable bonds is 4. The molecule has 0 atom stereocenters. The molecule has 6 nitrogen and oxygen atoms in total. The first-order valence-corrected chi connectivity index (χ1v) is 11.9. The van der Waals surface area contributed by atoms with Crippen LogP contribution in [0.25, 0.3) is 22.0 Å². The molecule has 0 fully saturated rings. The van der Waals surface area contributed by atoms with Crippen LogP contribution in [-0.4, -0.2) is 18.6 Å². The van der Waals surface area contributed by atoms with Gasteiger partial charge in [0.2, 0.25) is 0 Å². The lowest BCUT2D eigenvalue weighted by atomic mass is 10.0. The highest BCUT2D eigenvalue weighted by Crippen LogP contribution is 2.38. The van der Waals surface area contributed by atoms with Gasteiger partial charge in [-0.25, -0.2) is 13.5 Å². The fourth-order valence-corrected chi connectivity index (χ4v) is 5.03. The fourth-order valence-electron chi connectivity index (χ4n) is 3.28. The Morgan fingerprint density at radius 1 is 0.941 bits per heavy atom. The highest BCUT2D eigenvalue weighted by atomic mass is 35.5. The Kier molecular flexibility index (Phi) is 6.28. The lowest BCUT2D eigenvalue weighted by Crippen LogP contribution is -2.16. The summed E-state index contributed by atoms with van der Waals surface area (Å²) in [5.74, 6) is 0. The summed E-state index contributed by atoms with van der Waals surface area (Å²) < 4.78 is 67.9. The third kappa shape index (κ3) is 4.58. The number of benzene rings is 3. The van der Waals surface area contributed by atoms with Gasteiger partial charge < -0.3 is 0 Å². The van der Waals surface area contributed by atoms with E-state index in [0.29, 0.717) is 11.5 Å². The van der Waals surface area contributed by atoms with Crippen molar-refractivity contribution in [2.24, 2.45) is 0 Å². The van der Waals surface area contributed by atoms with Crippen LogP contribution in [0, 0.1) is 0 Å². The van der Waals surface area contributed by atoms with Gasteiger partial charge in [0.05, 0.1) is 31.6 Å². The summed E-state index contributed by atoms with van der Waals surface area (Å²) >= 11 is 17.8. The minimum Gasteiger partial charge on any atom is -0.279 e. The van der Waals surface area contributed by atoms with Crippen LogP contribution in [0.1, 0.15) is 5.56 Å². The summed E-state index contributed by atoms with van der Waals surface area (Å²) in [6.45, 7) is 0. The summed E-state index contributed by atoms with van der Waals surface area (Å²) in [6.07, 6.45) is -4.86. The van der Waals surface area contributed by atoms with Crippen LogP contribution in [0.5, 0.6) is 0 Å².